The van der Waals surface area contributed by atoms with Crippen molar-refractivity contribution in [1.29, 1.82) is 0 Å². The molecule has 1 fully saturated rings. The summed E-state index contributed by atoms with van der Waals surface area (Å²) >= 11 is 15.4. The molecule has 104 valence electrons. The van der Waals surface area contributed by atoms with E-state index in [1.807, 2.05) is 0 Å². The zero-order valence-electron chi connectivity index (χ0n) is 10.5. The second kappa shape index (κ2) is 6.96. The summed E-state index contributed by atoms with van der Waals surface area (Å²) in [5.74, 6) is 0.405. The van der Waals surface area contributed by atoms with Crippen LogP contribution in [-0.2, 0) is 0 Å². The van der Waals surface area contributed by atoms with Gasteiger partial charge in [-0.25, -0.2) is 0 Å². The lowest BCUT2D eigenvalue weighted by atomic mass is 9.89. The van der Waals surface area contributed by atoms with E-state index in [-0.39, 0.29) is 11.3 Å². The number of nitrogens with one attached hydrogen (secondary N) is 1. The van der Waals surface area contributed by atoms with Crippen molar-refractivity contribution in [2.24, 2.45) is 5.92 Å². The molecule has 0 aromatic heterocycles. The van der Waals surface area contributed by atoms with Gasteiger partial charge in [-0.2, -0.15) is 0 Å². The number of alkyl halides is 1. The summed E-state index contributed by atoms with van der Waals surface area (Å²) in [7, 11) is 0. The van der Waals surface area contributed by atoms with Gasteiger partial charge in [0.05, 0.1) is 0 Å². The lowest BCUT2D eigenvalue weighted by Gasteiger charge is -2.25. The van der Waals surface area contributed by atoms with Crippen LogP contribution < -0.4 is 5.32 Å². The highest BCUT2D eigenvalue weighted by atomic mass is 79.9. The highest BCUT2D eigenvalue weighted by Crippen LogP contribution is 2.27. The number of rotatable bonds is 3. The molecule has 1 amide bonds. The van der Waals surface area contributed by atoms with E-state index in [2.05, 4.69) is 21.2 Å². The SMILES string of the molecule is O=C(NCC1CCCC(Cl)C1)c1cc(Cl)cc(Br)c1. The van der Waals surface area contributed by atoms with Gasteiger partial charge in [-0.3, -0.25) is 4.79 Å². The van der Waals surface area contributed by atoms with Gasteiger partial charge in [0.2, 0.25) is 0 Å². The quantitative estimate of drug-likeness (QED) is 0.778. The van der Waals surface area contributed by atoms with Gasteiger partial charge in [0, 0.05) is 27.0 Å². The first-order valence-electron chi connectivity index (χ1n) is 6.43. The zero-order valence-corrected chi connectivity index (χ0v) is 13.6. The van der Waals surface area contributed by atoms with E-state index in [1.54, 1.807) is 18.2 Å². The van der Waals surface area contributed by atoms with Gasteiger partial charge in [-0.05, 0) is 43.4 Å². The molecule has 2 rings (SSSR count). The fourth-order valence-electron chi connectivity index (χ4n) is 2.43. The second-order valence-corrected chi connectivity index (χ2v) is 6.97. The molecule has 1 aromatic carbocycles. The molecule has 0 spiro atoms. The van der Waals surface area contributed by atoms with Crippen LogP contribution in [0.15, 0.2) is 22.7 Å². The van der Waals surface area contributed by atoms with E-state index in [9.17, 15) is 4.79 Å². The molecule has 0 bridgehead atoms. The Morgan fingerprint density at radius 1 is 1.37 bits per heavy atom. The minimum Gasteiger partial charge on any atom is -0.352 e. The van der Waals surface area contributed by atoms with Crippen LogP contribution in [0.3, 0.4) is 0 Å². The van der Waals surface area contributed by atoms with Gasteiger partial charge in [0.25, 0.3) is 5.91 Å². The summed E-state index contributed by atoms with van der Waals surface area (Å²) in [6, 6.07) is 5.21. The first-order valence-corrected chi connectivity index (χ1v) is 8.03. The van der Waals surface area contributed by atoms with E-state index in [4.69, 9.17) is 23.2 Å². The summed E-state index contributed by atoms with van der Waals surface area (Å²) in [4.78, 5) is 12.0. The maximum Gasteiger partial charge on any atom is 0.251 e. The largest absolute Gasteiger partial charge is 0.352 e. The average Bonchev–Trinajstić information content (AvgIpc) is 2.35. The molecule has 0 heterocycles. The zero-order chi connectivity index (χ0) is 13.8. The molecule has 1 saturated carbocycles. The number of hydrogen-bond donors (Lipinski definition) is 1. The lowest BCUT2D eigenvalue weighted by molar-refractivity contribution is 0.0943. The summed E-state index contributed by atoms with van der Waals surface area (Å²) in [6.45, 7) is 0.687. The van der Waals surface area contributed by atoms with Gasteiger partial charge in [-0.15, -0.1) is 11.6 Å². The smallest absolute Gasteiger partial charge is 0.251 e. The number of halogens is 3. The van der Waals surface area contributed by atoms with Crippen LogP contribution in [0.5, 0.6) is 0 Å². The standard InChI is InChI=1S/C14H16BrCl2NO/c15-11-5-10(6-13(17)7-11)14(19)18-8-9-2-1-3-12(16)4-9/h5-7,9,12H,1-4,8H2,(H,18,19). The average molecular weight is 365 g/mol. The van der Waals surface area contributed by atoms with Crippen LogP contribution in [0, 0.1) is 5.92 Å². The minimum absolute atomic E-state index is 0.0834. The van der Waals surface area contributed by atoms with Crippen LogP contribution in [0.2, 0.25) is 5.02 Å². The van der Waals surface area contributed by atoms with Gasteiger partial charge in [-0.1, -0.05) is 34.0 Å². The van der Waals surface area contributed by atoms with E-state index in [0.717, 1.165) is 30.2 Å². The van der Waals surface area contributed by atoms with Crippen LogP contribution in [-0.4, -0.2) is 17.8 Å². The first kappa shape index (κ1) is 15.1. The Hall–Kier alpha value is -0.250. The summed E-state index contributed by atoms with van der Waals surface area (Å²) in [5.41, 5.74) is 0.581. The van der Waals surface area contributed by atoms with E-state index < -0.39 is 0 Å². The number of carbonyl (C=O) groups is 1. The monoisotopic (exact) mass is 363 g/mol. The van der Waals surface area contributed by atoms with Crippen molar-refractivity contribution in [3.63, 3.8) is 0 Å². The molecule has 1 aliphatic carbocycles. The fraction of sp³-hybridized carbons (Fsp3) is 0.500. The summed E-state index contributed by atoms with van der Waals surface area (Å²) in [5, 5.41) is 3.78. The van der Waals surface area contributed by atoms with Gasteiger partial charge >= 0.3 is 0 Å². The van der Waals surface area contributed by atoms with Crippen LogP contribution in [0.25, 0.3) is 0 Å². The summed E-state index contributed by atoms with van der Waals surface area (Å²) in [6.07, 6.45) is 4.37. The summed E-state index contributed by atoms with van der Waals surface area (Å²) < 4.78 is 0.809. The van der Waals surface area contributed by atoms with Crippen molar-refractivity contribution in [1.82, 2.24) is 5.32 Å². The molecule has 1 aromatic rings. The van der Waals surface area contributed by atoms with Gasteiger partial charge in [0.1, 0.15) is 0 Å². The van der Waals surface area contributed by atoms with Gasteiger partial charge < -0.3 is 5.32 Å². The molecule has 0 radical (unpaired) electrons. The Morgan fingerprint density at radius 3 is 2.84 bits per heavy atom. The molecular formula is C14H16BrCl2NO. The van der Waals surface area contributed by atoms with Crippen molar-refractivity contribution in [3.8, 4) is 0 Å². The molecule has 1 aliphatic rings. The number of carbonyl (C=O) groups excluding carboxylic acids is 1. The molecule has 1 N–H and O–H groups in total. The third kappa shape index (κ3) is 4.66. The van der Waals surface area contributed by atoms with Crippen molar-refractivity contribution >= 4 is 45.0 Å². The van der Waals surface area contributed by atoms with Crippen LogP contribution in [0.1, 0.15) is 36.0 Å². The predicted octanol–water partition coefficient (Wildman–Crippen LogP) is 4.63. The third-order valence-corrected chi connectivity index (χ3v) is 4.47. The minimum atomic E-state index is -0.0834. The molecule has 0 aliphatic heterocycles. The van der Waals surface area contributed by atoms with Crippen molar-refractivity contribution in [3.05, 3.63) is 33.3 Å². The highest BCUT2D eigenvalue weighted by molar-refractivity contribution is 9.10. The van der Waals surface area contributed by atoms with Crippen molar-refractivity contribution in [2.75, 3.05) is 6.54 Å². The molecule has 5 heteroatoms. The van der Waals surface area contributed by atoms with E-state index in [1.165, 1.54) is 0 Å². The maximum atomic E-state index is 12.0. The van der Waals surface area contributed by atoms with E-state index >= 15 is 0 Å². The first-order chi connectivity index (χ1) is 9.04. The number of benzene rings is 1. The number of amides is 1. The Labute approximate surface area is 132 Å². The molecule has 2 nitrogen and oxygen atoms in total. The Morgan fingerprint density at radius 2 is 2.16 bits per heavy atom. The fourth-order valence-corrected chi connectivity index (χ4v) is 3.70. The Bertz CT molecular complexity index is 447. The second-order valence-electron chi connectivity index (χ2n) is 5.00. The molecule has 2 unspecified atom stereocenters. The lowest BCUT2D eigenvalue weighted by Crippen LogP contribution is -2.32. The molecule has 0 saturated heterocycles. The Kier molecular flexibility index (Phi) is 5.55. The molecule has 19 heavy (non-hydrogen) atoms. The maximum absolute atomic E-state index is 12.0. The topological polar surface area (TPSA) is 29.1 Å². The van der Waals surface area contributed by atoms with Gasteiger partial charge in [0.15, 0.2) is 0 Å². The van der Waals surface area contributed by atoms with E-state index in [0.29, 0.717) is 23.0 Å². The van der Waals surface area contributed by atoms with Crippen molar-refractivity contribution < 1.29 is 4.79 Å². The van der Waals surface area contributed by atoms with Crippen molar-refractivity contribution in [2.45, 2.75) is 31.1 Å². The predicted molar refractivity (Wildman–Crippen MR) is 83.1 cm³/mol. The molecule has 2 atom stereocenters. The Balaban J connectivity index is 1.90. The molecular weight excluding hydrogens is 349 g/mol. The number of hydrogen-bond acceptors (Lipinski definition) is 1. The van der Waals surface area contributed by atoms with Crippen LogP contribution in [0.4, 0.5) is 0 Å². The van der Waals surface area contributed by atoms with Crippen LogP contribution >= 0.6 is 39.1 Å². The highest BCUT2D eigenvalue weighted by Gasteiger charge is 2.20. The normalized spacial score (nSPS) is 23.1. The third-order valence-electron chi connectivity index (χ3n) is 3.39.